The van der Waals surface area contributed by atoms with Crippen molar-refractivity contribution >= 4 is 17.8 Å². The van der Waals surface area contributed by atoms with Gasteiger partial charge in [0.05, 0.1) is 30.5 Å². The number of nitrogens with one attached hydrogen (secondary N) is 1. The van der Waals surface area contributed by atoms with Crippen LogP contribution in [0, 0.1) is 5.41 Å². The predicted molar refractivity (Wildman–Crippen MR) is 178 cm³/mol. The van der Waals surface area contributed by atoms with Crippen LogP contribution in [0.2, 0.25) is 0 Å². The van der Waals surface area contributed by atoms with E-state index in [4.69, 9.17) is 15.2 Å². The molecule has 2 heterocycles. The minimum absolute atomic E-state index is 0.185. The maximum atomic E-state index is 14.1. The molecule has 1 fully saturated rings. The number of benzene rings is 2. The summed E-state index contributed by atoms with van der Waals surface area (Å²) in [7, 11) is 0. The molecule has 0 spiro atoms. The lowest BCUT2D eigenvalue weighted by molar-refractivity contribution is -0.143. The lowest BCUT2D eigenvalue weighted by Gasteiger charge is -2.32. The van der Waals surface area contributed by atoms with E-state index in [-0.39, 0.29) is 24.5 Å². The van der Waals surface area contributed by atoms with Crippen molar-refractivity contribution in [1.29, 1.82) is 0 Å². The number of nitrogens with zero attached hydrogens (tertiary/aromatic N) is 2. The Hall–Kier alpha value is -4.34. The highest BCUT2D eigenvalue weighted by Gasteiger charge is 2.37. The standard InChI is InChI=1S/C37H46N4O5/c1-26(38)35(43)40-34(27(2)45-24-29-12-6-5-7-13-29)36(44)41-21-11-16-32(41)18-19-37(4,25-46-28(3)42)23-30-14-10-15-31(22-30)33-17-8-9-20-39-33/h5-10,12-15,17-20,22,26-27,32,34H,11,16,21,23-25,38H2,1-4H3,(H,40,43)/b19-18+/t26-,27?,32-,34?,37-/m0/s1. The molecule has 3 aromatic rings. The van der Waals surface area contributed by atoms with Gasteiger partial charge in [0.2, 0.25) is 11.8 Å². The Morgan fingerprint density at radius 2 is 1.80 bits per heavy atom. The molecule has 9 nitrogen and oxygen atoms in total. The number of ether oxygens (including phenoxy) is 2. The van der Waals surface area contributed by atoms with Crippen LogP contribution < -0.4 is 11.1 Å². The lowest BCUT2D eigenvalue weighted by atomic mass is 9.83. The monoisotopic (exact) mass is 626 g/mol. The summed E-state index contributed by atoms with van der Waals surface area (Å²) in [5.74, 6) is -0.982. The number of hydrogen-bond donors (Lipinski definition) is 2. The number of pyridine rings is 1. The van der Waals surface area contributed by atoms with Crippen molar-refractivity contribution in [2.45, 2.75) is 77.8 Å². The van der Waals surface area contributed by atoms with E-state index in [1.165, 1.54) is 6.92 Å². The van der Waals surface area contributed by atoms with Crippen LogP contribution in [0.5, 0.6) is 0 Å². The molecule has 0 radical (unpaired) electrons. The van der Waals surface area contributed by atoms with Crippen LogP contribution >= 0.6 is 0 Å². The van der Waals surface area contributed by atoms with Gasteiger partial charge in [-0.2, -0.15) is 0 Å². The molecule has 2 amide bonds. The van der Waals surface area contributed by atoms with Crippen molar-refractivity contribution in [3.05, 3.63) is 102 Å². The summed E-state index contributed by atoms with van der Waals surface area (Å²) in [6, 6.07) is 21.8. The zero-order valence-electron chi connectivity index (χ0n) is 27.2. The van der Waals surface area contributed by atoms with Crippen molar-refractivity contribution in [1.82, 2.24) is 15.2 Å². The topological polar surface area (TPSA) is 124 Å². The highest BCUT2D eigenvalue weighted by atomic mass is 16.5. The van der Waals surface area contributed by atoms with Gasteiger partial charge < -0.3 is 25.4 Å². The fourth-order valence-electron chi connectivity index (χ4n) is 5.62. The third-order valence-corrected chi connectivity index (χ3v) is 8.21. The van der Waals surface area contributed by atoms with E-state index in [0.29, 0.717) is 19.6 Å². The second kappa shape index (κ2) is 16.3. The summed E-state index contributed by atoms with van der Waals surface area (Å²) in [4.78, 5) is 44.9. The number of hydrogen-bond acceptors (Lipinski definition) is 7. The number of aromatic nitrogens is 1. The Morgan fingerprint density at radius 3 is 2.50 bits per heavy atom. The number of nitrogens with two attached hydrogens (primary N) is 1. The summed E-state index contributed by atoms with van der Waals surface area (Å²) >= 11 is 0. The number of esters is 1. The SMILES string of the molecule is CC(=O)OC[C@@](C)(/C=C/[C@@H]1CCCN1C(=O)C(NC(=O)[C@H](C)N)C(C)OCc1ccccc1)Cc1cccc(-c2ccccn2)c1. The van der Waals surface area contributed by atoms with E-state index in [1.807, 2.05) is 73.7 Å². The van der Waals surface area contributed by atoms with Gasteiger partial charge in [-0.25, -0.2) is 0 Å². The number of likely N-dealkylation sites (tertiary alicyclic amines) is 1. The third kappa shape index (κ3) is 9.83. The number of carbonyl (C=O) groups excluding carboxylic acids is 3. The molecule has 5 atom stereocenters. The maximum absolute atomic E-state index is 14.1. The van der Waals surface area contributed by atoms with Crippen LogP contribution in [-0.2, 0) is 36.9 Å². The molecule has 2 unspecified atom stereocenters. The van der Waals surface area contributed by atoms with Crippen molar-refractivity contribution in [3.8, 4) is 11.3 Å². The van der Waals surface area contributed by atoms with Crippen LogP contribution in [0.15, 0.2) is 91.1 Å². The van der Waals surface area contributed by atoms with Crippen LogP contribution in [0.25, 0.3) is 11.3 Å². The van der Waals surface area contributed by atoms with Gasteiger partial charge >= 0.3 is 5.97 Å². The average molecular weight is 627 g/mol. The molecule has 0 aliphatic carbocycles. The fourth-order valence-corrected chi connectivity index (χ4v) is 5.62. The first-order chi connectivity index (χ1) is 22.0. The zero-order chi connectivity index (χ0) is 33.1. The molecular weight excluding hydrogens is 580 g/mol. The van der Waals surface area contributed by atoms with Gasteiger partial charge in [-0.15, -0.1) is 0 Å². The predicted octanol–water partition coefficient (Wildman–Crippen LogP) is 4.85. The van der Waals surface area contributed by atoms with Gasteiger partial charge in [0.25, 0.3) is 0 Å². The first kappa shape index (κ1) is 34.5. The summed E-state index contributed by atoms with van der Waals surface area (Å²) in [6.07, 6.45) is 7.47. The molecule has 9 heteroatoms. The van der Waals surface area contributed by atoms with E-state index in [0.717, 1.165) is 35.2 Å². The van der Waals surface area contributed by atoms with Gasteiger partial charge in [0.1, 0.15) is 12.6 Å². The number of rotatable bonds is 14. The van der Waals surface area contributed by atoms with Crippen LogP contribution in [0.3, 0.4) is 0 Å². The van der Waals surface area contributed by atoms with Crippen molar-refractivity contribution in [2.24, 2.45) is 11.1 Å². The van der Waals surface area contributed by atoms with Gasteiger partial charge in [-0.3, -0.25) is 19.4 Å². The zero-order valence-corrected chi connectivity index (χ0v) is 27.2. The van der Waals surface area contributed by atoms with E-state index in [1.54, 1.807) is 24.9 Å². The van der Waals surface area contributed by atoms with Gasteiger partial charge in [-0.05, 0) is 62.4 Å². The summed E-state index contributed by atoms with van der Waals surface area (Å²) < 4.78 is 11.6. The van der Waals surface area contributed by atoms with E-state index < -0.39 is 29.5 Å². The fraction of sp³-hybridized carbons (Fsp3) is 0.405. The van der Waals surface area contributed by atoms with E-state index in [9.17, 15) is 14.4 Å². The van der Waals surface area contributed by atoms with E-state index >= 15 is 0 Å². The first-order valence-electron chi connectivity index (χ1n) is 15.9. The molecule has 0 saturated carbocycles. The molecule has 4 rings (SSSR count). The largest absolute Gasteiger partial charge is 0.465 e. The number of carbonyl (C=O) groups is 3. The van der Waals surface area contributed by atoms with E-state index in [2.05, 4.69) is 28.5 Å². The molecular formula is C37H46N4O5. The number of amides is 2. The molecule has 46 heavy (non-hydrogen) atoms. The average Bonchev–Trinajstić information content (AvgIpc) is 3.54. The van der Waals surface area contributed by atoms with Gasteiger partial charge in [0.15, 0.2) is 0 Å². The minimum Gasteiger partial charge on any atom is -0.465 e. The minimum atomic E-state index is -0.905. The molecule has 1 aliphatic rings. The Labute approximate surface area is 272 Å². The Balaban J connectivity index is 1.53. The first-order valence-corrected chi connectivity index (χ1v) is 15.9. The lowest BCUT2D eigenvalue weighted by Crippen LogP contribution is -2.57. The highest BCUT2D eigenvalue weighted by molar-refractivity contribution is 5.90. The molecule has 0 bridgehead atoms. The molecule has 244 valence electrons. The smallest absolute Gasteiger partial charge is 0.302 e. The maximum Gasteiger partial charge on any atom is 0.302 e. The van der Waals surface area contributed by atoms with Crippen LogP contribution in [0.4, 0.5) is 0 Å². The van der Waals surface area contributed by atoms with Crippen LogP contribution in [0.1, 0.15) is 51.7 Å². The Bertz CT molecular complexity index is 1480. The molecule has 1 saturated heterocycles. The molecule has 1 aromatic heterocycles. The normalized spacial score (nSPS) is 18.0. The second-order valence-corrected chi connectivity index (χ2v) is 12.4. The quantitative estimate of drug-likeness (QED) is 0.194. The molecule has 2 aromatic carbocycles. The summed E-state index contributed by atoms with van der Waals surface area (Å²) in [6.45, 7) is 7.88. The Morgan fingerprint density at radius 1 is 1.07 bits per heavy atom. The highest BCUT2D eigenvalue weighted by Crippen LogP contribution is 2.30. The van der Waals surface area contributed by atoms with Gasteiger partial charge in [-0.1, -0.05) is 73.7 Å². The van der Waals surface area contributed by atoms with Crippen molar-refractivity contribution in [2.75, 3.05) is 13.2 Å². The van der Waals surface area contributed by atoms with Gasteiger partial charge in [0, 0.05) is 30.6 Å². The summed E-state index contributed by atoms with van der Waals surface area (Å²) in [5.41, 5.74) is 9.25. The summed E-state index contributed by atoms with van der Waals surface area (Å²) in [5, 5.41) is 2.84. The van der Waals surface area contributed by atoms with Crippen molar-refractivity contribution in [3.63, 3.8) is 0 Å². The molecule has 1 aliphatic heterocycles. The second-order valence-electron chi connectivity index (χ2n) is 12.4. The Kier molecular flexibility index (Phi) is 12.2. The molecule has 3 N–H and O–H groups in total. The van der Waals surface area contributed by atoms with Crippen molar-refractivity contribution < 1.29 is 23.9 Å². The third-order valence-electron chi connectivity index (χ3n) is 8.21. The van der Waals surface area contributed by atoms with Crippen LogP contribution in [-0.4, -0.2) is 65.0 Å².